The molecule has 11 heteroatoms. The number of benzene rings is 3. The molecule has 1 aliphatic rings. The summed E-state index contributed by atoms with van der Waals surface area (Å²) in [6.45, 7) is 2.17. The molecule has 0 bridgehead atoms. The monoisotopic (exact) mass is 551 g/mol. The van der Waals surface area contributed by atoms with Crippen molar-refractivity contribution in [2.24, 2.45) is 0 Å². The fourth-order valence-corrected chi connectivity index (χ4v) is 5.00. The summed E-state index contributed by atoms with van der Waals surface area (Å²) >= 11 is 0. The summed E-state index contributed by atoms with van der Waals surface area (Å²) < 4.78 is 40.4. The first kappa shape index (κ1) is 27.0. The Morgan fingerprint density at radius 2 is 1.88 bits per heavy atom. The first-order chi connectivity index (χ1) is 19.2. The van der Waals surface area contributed by atoms with Gasteiger partial charge in [-0.25, -0.2) is 9.59 Å². The number of hydrogen-bond donors (Lipinski definition) is 2. The summed E-state index contributed by atoms with van der Waals surface area (Å²) in [5.74, 6) is -0.533. The number of nitrogens with zero attached hydrogens (tertiary/aromatic N) is 3. The van der Waals surface area contributed by atoms with Gasteiger partial charge in [0.05, 0.1) is 23.5 Å². The number of carbonyl (C=O) groups excluding carboxylic acids is 2. The molecule has 4 aromatic rings. The van der Waals surface area contributed by atoms with Crippen LogP contribution in [0.1, 0.15) is 30.0 Å². The van der Waals surface area contributed by atoms with Crippen molar-refractivity contribution in [3.05, 3.63) is 89.6 Å². The molecule has 1 unspecified atom stereocenters. The second kappa shape index (κ2) is 11.3. The van der Waals surface area contributed by atoms with Crippen LogP contribution in [0.25, 0.3) is 10.9 Å². The van der Waals surface area contributed by atoms with Crippen molar-refractivity contribution in [2.45, 2.75) is 38.4 Å². The van der Waals surface area contributed by atoms with Crippen molar-refractivity contribution in [1.82, 2.24) is 15.3 Å². The largest absolute Gasteiger partial charge is 0.416 e. The molecule has 40 heavy (non-hydrogen) atoms. The number of fused-ring (bicyclic) bond motifs is 2. The predicted octanol–water partition coefficient (Wildman–Crippen LogP) is 5.22. The number of hydrogen-bond acceptors (Lipinski definition) is 5. The van der Waals surface area contributed by atoms with Crippen molar-refractivity contribution in [3.63, 3.8) is 0 Å². The second-order valence-electron chi connectivity index (χ2n) is 9.71. The first-order valence-corrected chi connectivity index (χ1v) is 12.9. The third-order valence-corrected chi connectivity index (χ3v) is 6.78. The zero-order valence-corrected chi connectivity index (χ0v) is 21.7. The van der Waals surface area contributed by atoms with Crippen molar-refractivity contribution >= 4 is 34.3 Å². The number of urea groups is 1. The van der Waals surface area contributed by atoms with Crippen LogP contribution in [0.4, 0.5) is 29.3 Å². The fraction of sp³-hybridized carbons (Fsp3) is 0.276. The minimum Gasteiger partial charge on any atom is -0.369 e. The number of carbonyl (C=O) groups is 2. The molecular weight excluding hydrogens is 523 g/mol. The SMILES string of the molecule is CC(=O)On1ncc2c(NC(=O)NC3Cc4ccc(C(F)(F)F)cc4N(CCCc4ccccc4)C3)cccc21. The van der Waals surface area contributed by atoms with E-state index in [1.807, 2.05) is 35.2 Å². The number of anilines is 2. The van der Waals surface area contributed by atoms with E-state index in [0.29, 0.717) is 41.8 Å². The van der Waals surface area contributed by atoms with E-state index in [9.17, 15) is 22.8 Å². The van der Waals surface area contributed by atoms with Gasteiger partial charge in [-0.3, -0.25) is 0 Å². The molecule has 3 aromatic carbocycles. The number of aryl methyl sites for hydroxylation is 1. The molecule has 5 rings (SSSR count). The molecule has 2 amide bonds. The zero-order valence-electron chi connectivity index (χ0n) is 21.7. The van der Waals surface area contributed by atoms with Gasteiger partial charge in [-0.2, -0.15) is 13.2 Å². The first-order valence-electron chi connectivity index (χ1n) is 12.9. The molecule has 208 valence electrons. The van der Waals surface area contributed by atoms with Gasteiger partial charge in [0.15, 0.2) is 0 Å². The molecule has 1 aromatic heterocycles. The molecule has 0 fully saturated rings. The van der Waals surface area contributed by atoms with E-state index in [0.717, 1.165) is 34.9 Å². The van der Waals surface area contributed by atoms with Crippen LogP contribution in [0, 0.1) is 0 Å². The lowest BCUT2D eigenvalue weighted by Crippen LogP contribution is -2.49. The Bertz CT molecular complexity index is 1520. The van der Waals surface area contributed by atoms with E-state index in [2.05, 4.69) is 15.7 Å². The number of aromatic nitrogens is 2. The topological polar surface area (TPSA) is 88.5 Å². The van der Waals surface area contributed by atoms with E-state index in [1.165, 1.54) is 25.3 Å². The molecule has 2 heterocycles. The van der Waals surface area contributed by atoms with Crippen molar-refractivity contribution in [1.29, 1.82) is 0 Å². The van der Waals surface area contributed by atoms with Crippen molar-refractivity contribution in [3.8, 4) is 0 Å². The molecule has 0 aliphatic carbocycles. The lowest BCUT2D eigenvalue weighted by molar-refractivity contribution is -0.142. The number of halogens is 3. The number of alkyl halides is 3. The van der Waals surface area contributed by atoms with Crippen LogP contribution in [0.3, 0.4) is 0 Å². The van der Waals surface area contributed by atoms with Gasteiger partial charge in [0, 0.05) is 31.1 Å². The van der Waals surface area contributed by atoms with E-state index in [1.54, 1.807) is 18.2 Å². The van der Waals surface area contributed by atoms with Crippen molar-refractivity contribution < 1.29 is 27.6 Å². The lowest BCUT2D eigenvalue weighted by atomic mass is 9.95. The molecule has 1 aliphatic heterocycles. The average Bonchev–Trinajstić information content (AvgIpc) is 3.31. The highest BCUT2D eigenvalue weighted by Gasteiger charge is 2.33. The summed E-state index contributed by atoms with van der Waals surface area (Å²) in [5.41, 5.74) is 2.73. The summed E-state index contributed by atoms with van der Waals surface area (Å²) in [7, 11) is 0. The highest BCUT2D eigenvalue weighted by molar-refractivity contribution is 6.00. The van der Waals surface area contributed by atoms with Crippen LogP contribution < -0.4 is 20.4 Å². The number of rotatable bonds is 7. The molecule has 1 atom stereocenters. The van der Waals surface area contributed by atoms with Gasteiger partial charge in [-0.1, -0.05) is 47.3 Å². The molecule has 0 radical (unpaired) electrons. The Balaban J connectivity index is 1.31. The fourth-order valence-electron chi connectivity index (χ4n) is 5.00. The van der Waals surface area contributed by atoms with Crippen LogP contribution in [-0.2, 0) is 23.8 Å². The van der Waals surface area contributed by atoms with Gasteiger partial charge in [0.2, 0.25) is 0 Å². The Kier molecular flexibility index (Phi) is 7.63. The normalized spacial score (nSPS) is 15.0. The van der Waals surface area contributed by atoms with E-state index in [4.69, 9.17) is 4.84 Å². The maximum Gasteiger partial charge on any atom is 0.416 e. The maximum absolute atomic E-state index is 13.5. The Labute approximate surface area is 228 Å². The lowest BCUT2D eigenvalue weighted by Gasteiger charge is -2.37. The summed E-state index contributed by atoms with van der Waals surface area (Å²) in [6.07, 6.45) is -1.03. The van der Waals surface area contributed by atoms with Gasteiger partial charge in [0.1, 0.15) is 5.52 Å². The van der Waals surface area contributed by atoms with E-state index in [-0.39, 0.29) is 6.04 Å². The summed E-state index contributed by atoms with van der Waals surface area (Å²) in [5, 5.41) is 10.4. The minimum atomic E-state index is -4.44. The van der Waals surface area contributed by atoms with Gasteiger partial charge >= 0.3 is 18.2 Å². The highest BCUT2D eigenvalue weighted by atomic mass is 19.4. The summed E-state index contributed by atoms with van der Waals surface area (Å²) in [6, 6.07) is 18.0. The van der Waals surface area contributed by atoms with Gasteiger partial charge in [-0.15, -0.1) is 5.10 Å². The Hall–Kier alpha value is -4.54. The van der Waals surface area contributed by atoms with E-state index >= 15 is 0 Å². The average molecular weight is 552 g/mol. The Morgan fingerprint density at radius 3 is 2.62 bits per heavy atom. The van der Waals surface area contributed by atoms with Crippen LogP contribution in [-0.4, -0.2) is 41.1 Å². The quantitative estimate of drug-likeness (QED) is 0.329. The molecular formula is C29H28F3N5O3. The molecule has 0 saturated carbocycles. The van der Waals surface area contributed by atoms with Crippen molar-refractivity contribution in [2.75, 3.05) is 23.3 Å². The smallest absolute Gasteiger partial charge is 0.369 e. The maximum atomic E-state index is 13.5. The minimum absolute atomic E-state index is 0.330. The number of amides is 2. The molecule has 2 N–H and O–H groups in total. The van der Waals surface area contributed by atoms with Crippen LogP contribution in [0.2, 0.25) is 0 Å². The number of nitrogens with one attached hydrogen (secondary N) is 2. The van der Waals surface area contributed by atoms with E-state index < -0.39 is 23.7 Å². The van der Waals surface area contributed by atoms with Crippen LogP contribution >= 0.6 is 0 Å². The highest BCUT2D eigenvalue weighted by Crippen LogP contribution is 2.36. The second-order valence-corrected chi connectivity index (χ2v) is 9.71. The molecule has 0 spiro atoms. The third-order valence-electron chi connectivity index (χ3n) is 6.78. The third kappa shape index (κ3) is 6.19. The summed E-state index contributed by atoms with van der Waals surface area (Å²) in [4.78, 5) is 32.4. The standard InChI is InChI=1S/C29H28F3N5O3/c1-19(38)40-37-26-11-5-10-25(24(26)17-33-37)35-28(39)34-23-15-21-12-13-22(29(30,31)32)16-27(21)36(18-23)14-6-9-20-7-3-2-4-8-20/h2-5,7-8,10-13,16-17,23H,6,9,14-15,18H2,1H3,(H2,34,35,39). The zero-order chi connectivity index (χ0) is 28.3. The Morgan fingerprint density at radius 1 is 1.07 bits per heavy atom. The van der Waals surface area contributed by atoms with Gasteiger partial charge < -0.3 is 20.4 Å². The van der Waals surface area contributed by atoms with Crippen LogP contribution in [0.5, 0.6) is 0 Å². The van der Waals surface area contributed by atoms with Crippen LogP contribution in [0.15, 0.2) is 72.9 Å². The van der Waals surface area contributed by atoms with Gasteiger partial charge in [0.25, 0.3) is 0 Å². The molecule has 0 saturated heterocycles. The predicted molar refractivity (Wildman–Crippen MR) is 145 cm³/mol. The van der Waals surface area contributed by atoms with Gasteiger partial charge in [-0.05, 0) is 54.7 Å². The molecule has 8 nitrogen and oxygen atoms in total.